The van der Waals surface area contributed by atoms with Crippen molar-refractivity contribution in [3.05, 3.63) is 59.7 Å². The predicted octanol–water partition coefficient (Wildman–Crippen LogP) is 3.26. The maximum Gasteiger partial charge on any atom is 0.271 e. The molecular weight excluding hydrogens is 404 g/mol. The van der Waals surface area contributed by atoms with E-state index in [-0.39, 0.29) is 11.8 Å². The second-order valence-corrected chi connectivity index (χ2v) is 8.12. The Morgan fingerprint density at radius 2 is 0.938 bits per heavy atom. The Balaban J connectivity index is 1.47. The van der Waals surface area contributed by atoms with Crippen molar-refractivity contribution in [2.45, 2.75) is 25.7 Å². The molecule has 3 rings (SSSR count). The van der Waals surface area contributed by atoms with Crippen LogP contribution in [0.25, 0.3) is 0 Å². The number of hydrogen-bond acceptors (Lipinski definition) is 6. The molecule has 168 valence electrons. The number of amides is 2. The summed E-state index contributed by atoms with van der Waals surface area (Å²) in [4.78, 5) is 28.6. The quantitative estimate of drug-likeness (QED) is 0.683. The van der Waals surface area contributed by atoms with E-state index >= 15 is 0 Å². The van der Waals surface area contributed by atoms with Crippen molar-refractivity contribution in [3.8, 4) is 0 Å². The molecule has 0 bridgehead atoms. The second kappa shape index (κ2) is 10.6. The van der Waals surface area contributed by atoms with Gasteiger partial charge in [-0.15, -0.1) is 0 Å². The lowest BCUT2D eigenvalue weighted by Gasteiger charge is -2.15. The number of rotatable bonds is 6. The van der Waals surface area contributed by atoms with Gasteiger partial charge in [-0.25, -0.2) is 10.9 Å². The first-order chi connectivity index (χ1) is 15.3. The Hall–Kier alpha value is -3.68. The van der Waals surface area contributed by atoms with E-state index in [0.29, 0.717) is 36.8 Å². The van der Waals surface area contributed by atoms with Crippen LogP contribution < -0.4 is 20.7 Å². The van der Waals surface area contributed by atoms with E-state index in [2.05, 4.69) is 21.1 Å². The van der Waals surface area contributed by atoms with Crippen LogP contribution in [0, 0.1) is 0 Å². The molecule has 1 fully saturated rings. The molecule has 0 spiro atoms. The summed E-state index contributed by atoms with van der Waals surface area (Å²) in [6, 6.07) is 14.7. The zero-order chi connectivity index (χ0) is 23.1. The van der Waals surface area contributed by atoms with Gasteiger partial charge in [0.2, 0.25) is 0 Å². The van der Waals surface area contributed by atoms with Gasteiger partial charge in [0.05, 0.1) is 0 Å². The van der Waals surface area contributed by atoms with Crippen LogP contribution in [0.3, 0.4) is 0 Å². The molecule has 0 radical (unpaired) electrons. The van der Waals surface area contributed by atoms with E-state index in [0.717, 1.165) is 22.8 Å². The standard InChI is InChI=1S/C24H30N6O2/c1-29(2)21-13-5-17(6-14-21)23(31)27-25-19-9-11-20(12-10-19)26-28-24(32)18-7-15-22(16-8-18)30(3)4/h5-8,13-16H,9-12H2,1-4H3,(H,27,31)(H,28,32). The SMILES string of the molecule is CN(C)c1ccc(C(=O)NN=C2CCC(=NNC(=O)c3ccc(N(C)C)cc3)CC2)cc1. The van der Waals surface area contributed by atoms with Crippen LogP contribution >= 0.6 is 0 Å². The summed E-state index contributed by atoms with van der Waals surface area (Å²) in [5.41, 5.74) is 10.3. The first-order valence-electron chi connectivity index (χ1n) is 10.6. The summed E-state index contributed by atoms with van der Waals surface area (Å²) in [6.45, 7) is 0. The lowest BCUT2D eigenvalue weighted by molar-refractivity contribution is 0.0946. The molecule has 1 saturated carbocycles. The van der Waals surface area contributed by atoms with Crippen molar-refractivity contribution in [1.82, 2.24) is 10.9 Å². The first-order valence-corrected chi connectivity index (χ1v) is 10.6. The highest BCUT2D eigenvalue weighted by atomic mass is 16.2. The average molecular weight is 435 g/mol. The Morgan fingerprint density at radius 1 is 0.625 bits per heavy atom. The third kappa shape index (κ3) is 6.16. The van der Waals surface area contributed by atoms with Crippen molar-refractivity contribution < 1.29 is 9.59 Å². The minimum Gasteiger partial charge on any atom is -0.378 e. The molecule has 8 heteroatoms. The normalized spacial score (nSPS) is 13.2. The van der Waals surface area contributed by atoms with Gasteiger partial charge in [-0.05, 0) is 74.2 Å². The highest BCUT2D eigenvalue weighted by Crippen LogP contribution is 2.15. The Morgan fingerprint density at radius 3 is 1.22 bits per heavy atom. The fourth-order valence-electron chi connectivity index (χ4n) is 3.26. The van der Waals surface area contributed by atoms with Crippen LogP contribution in [0.5, 0.6) is 0 Å². The van der Waals surface area contributed by atoms with Crippen LogP contribution in [0.1, 0.15) is 46.4 Å². The molecule has 2 aromatic rings. The molecule has 32 heavy (non-hydrogen) atoms. The molecule has 0 aliphatic heterocycles. The number of nitrogens with one attached hydrogen (secondary N) is 2. The molecule has 0 unspecified atom stereocenters. The largest absolute Gasteiger partial charge is 0.378 e. The summed E-state index contributed by atoms with van der Waals surface area (Å²) < 4.78 is 0. The molecule has 1 aliphatic rings. The Bertz CT molecular complexity index is 912. The highest BCUT2D eigenvalue weighted by Gasteiger charge is 2.15. The minimum atomic E-state index is -0.227. The molecule has 8 nitrogen and oxygen atoms in total. The van der Waals surface area contributed by atoms with Crippen molar-refractivity contribution in [1.29, 1.82) is 0 Å². The second-order valence-electron chi connectivity index (χ2n) is 8.12. The summed E-state index contributed by atoms with van der Waals surface area (Å²) in [6.07, 6.45) is 2.80. The molecular formula is C24H30N6O2. The van der Waals surface area contributed by atoms with Crippen LogP contribution in [-0.4, -0.2) is 51.4 Å². The van der Waals surface area contributed by atoms with E-state index in [1.54, 1.807) is 24.3 Å². The van der Waals surface area contributed by atoms with Gasteiger partial charge in [0.25, 0.3) is 11.8 Å². The first kappa shape index (κ1) is 23.0. The topological polar surface area (TPSA) is 89.4 Å². The van der Waals surface area contributed by atoms with Gasteiger partial charge in [-0.3, -0.25) is 9.59 Å². The van der Waals surface area contributed by atoms with Crippen LogP contribution in [0.15, 0.2) is 58.7 Å². The van der Waals surface area contributed by atoms with Gasteiger partial charge in [-0.2, -0.15) is 10.2 Å². The summed E-state index contributed by atoms with van der Waals surface area (Å²) in [7, 11) is 7.82. The number of carbonyl (C=O) groups excluding carboxylic acids is 2. The van der Waals surface area contributed by atoms with Gasteiger partial charge in [0, 0.05) is 62.1 Å². The predicted molar refractivity (Wildman–Crippen MR) is 130 cm³/mol. The highest BCUT2D eigenvalue weighted by molar-refractivity contribution is 6.01. The lowest BCUT2D eigenvalue weighted by Crippen LogP contribution is -2.24. The Kier molecular flexibility index (Phi) is 7.59. The molecule has 0 heterocycles. The molecule has 2 N–H and O–H groups in total. The van der Waals surface area contributed by atoms with Crippen molar-refractivity contribution in [2.24, 2.45) is 10.2 Å². The molecule has 0 aromatic heterocycles. The smallest absolute Gasteiger partial charge is 0.271 e. The van der Waals surface area contributed by atoms with Gasteiger partial charge >= 0.3 is 0 Å². The summed E-state index contributed by atoms with van der Waals surface area (Å²) >= 11 is 0. The molecule has 2 amide bonds. The molecule has 1 aliphatic carbocycles. The zero-order valence-electron chi connectivity index (χ0n) is 19.1. The summed E-state index contributed by atoms with van der Waals surface area (Å²) in [5.74, 6) is -0.454. The van der Waals surface area contributed by atoms with E-state index in [1.165, 1.54) is 0 Å². The monoisotopic (exact) mass is 434 g/mol. The van der Waals surface area contributed by atoms with Crippen LogP contribution in [-0.2, 0) is 0 Å². The van der Waals surface area contributed by atoms with Gasteiger partial charge in [0.1, 0.15) is 0 Å². The van der Waals surface area contributed by atoms with Gasteiger partial charge < -0.3 is 9.80 Å². The van der Waals surface area contributed by atoms with Crippen molar-refractivity contribution >= 4 is 34.6 Å². The number of benzene rings is 2. The number of anilines is 2. The molecule has 0 saturated heterocycles. The van der Waals surface area contributed by atoms with Gasteiger partial charge in [-0.1, -0.05) is 0 Å². The zero-order valence-corrected chi connectivity index (χ0v) is 19.1. The maximum absolute atomic E-state index is 12.3. The average Bonchev–Trinajstić information content (AvgIpc) is 2.81. The third-order valence-electron chi connectivity index (χ3n) is 5.33. The van der Waals surface area contributed by atoms with Crippen molar-refractivity contribution in [3.63, 3.8) is 0 Å². The Labute approximate surface area is 189 Å². The molecule has 0 atom stereocenters. The fourth-order valence-corrected chi connectivity index (χ4v) is 3.26. The minimum absolute atomic E-state index is 0.227. The van der Waals surface area contributed by atoms with E-state index < -0.39 is 0 Å². The van der Waals surface area contributed by atoms with Crippen LogP contribution in [0.2, 0.25) is 0 Å². The van der Waals surface area contributed by atoms with E-state index in [1.807, 2.05) is 62.3 Å². The fraction of sp³-hybridized carbons (Fsp3) is 0.333. The van der Waals surface area contributed by atoms with E-state index in [4.69, 9.17) is 0 Å². The summed E-state index contributed by atoms with van der Waals surface area (Å²) in [5, 5.41) is 8.55. The number of hydrazone groups is 2. The van der Waals surface area contributed by atoms with E-state index in [9.17, 15) is 9.59 Å². The number of carbonyl (C=O) groups is 2. The maximum atomic E-state index is 12.3. The number of nitrogens with zero attached hydrogens (tertiary/aromatic N) is 4. The van der Waals surface area contributed by atoms with Gasteiger partial charge in [0.15, 0.2) is 0 Å². The van der Waals surface area contributed by atoms with Crippen LogP contribution in [0.4, 0.5) is 11.4 Å². The molecule has 2 aromatic carbocycles. The van der Waals surface area contributed by atoms with Crippen molar-refractivity contribution in [2.75, 3.05) is 38.0 Å². The third-order valence-corrected chi connectivity index (χ3v) is 5.33. The lowest BCUT2D eigenvalue weighted by atomic mass is 9.97. The number of hydrogen-bond donors (Lipinski definition) is 2.